The van der Waals surface area contributed by atoms with E-state index in [-0.39, 0.29) is 17.4 Å². The van der Waals surface area contributed by atoms with Gasteiger partial charge in [-0.05, 0) is 36.3 Å². The Kier molecular flexibility index (Phi) is 8.72. The lowest BCUT2D eigenvalue weighted by atomic mass is 9.81. The van der Waals surface area contributed by atoms with Crippen molar-refractivity contribution >= 4 is 23.2 Å². The number of carbonyl (C=O) groups excluding carboxylic acids is 1. The Labute approximate surface area is 200 Å². The van der Waals surface area contributed by atoms with Crippen molar-refractivity contribution in [3.05, 3.63) is 58.3 Å². The minimum Gasteiger partial charge on any atom is -0.475 e. The van der Waals surface area contributed by atoms with Crippen molar-refractivity contribution in [3.8, 4) is 0 Å². The lowest BCUT2D eigenvalue weighted by Crippen LogP contribution is -2.53. The first-order chi connectivity index (χ1) is 16.2. The zero-order valence-corrected chi connectivity index (χ0v) is 19.8. The Morgan fingerprint density at radius 3 is 2.35 bits per heavy atom. The van der Waals surface area contributed by atoms with E-state index in [0.717, 1.165) is 44.5 Å². The first kappa shape index (κ1) is 26.2. The fourth-order valence-electron chi connectivity index (χ4n) is 4.70. The van der Waals surface area contributed by atoms with Gasteiger partial charge in [-0.15, -0.1) is 11.3 Å². The third-order valence-corrected chi connectivity index (χ3v) is 7.29. The van der Waals surface area contributed by atoms with Gasteiger partial charge in [0, 0.05) is 43.7 Å². The second kappa shape index (κ2) is 11.3. The van der Waals surface area contributed by atoms with E-state index in [4.69, 9.17) is 14.6 Å². The Hall–Kier alpha value is -2.43. The second-order valence-electron chi connectivity index (χ2n) is 8.53. The third kappa shape index (κ3) is 6.37. The van der Waals surface area contributed by atoms with E-state index in [1.807, 2.05) is 29.5 Å². The predicted octanol–water partition coefficient (Wildman–Crippen LogP) is 4.38. The number of benzene rings is 1. The molecule has 1 N–H and O–H groups in total. The van der Waals surface area contributed by atoms with Gasteiger partial charge < -0.3 is 14.7 Å². The molecule has 2 aliphatic heterocycles. The van der Waals surface area contributed by atoms with Crippen LogP contribution in [0.25, 0.3) is 0 Å². The highest BCUT2D eigenvalue weighted by Gasteiger charge is 2.51. The van der Waals surface area contributed by atoms with Gasteiger partial charge in [-0.25, -0.2) is 4.79 Å². The van der Waals surface area contributed by atoms with Crippen molar-refractivity contribution in [2.24, 2.45) is 0 Å². The Bertz CT molecular complexity index is 929. The summed E-state index contributed by atoms with van der Waals surface area (Å²) in [7, 11) is 1.71. The normalized spacial score (nSPS) is 20.3. The standard InChI is InChI=1S/C22H28N2O2S.C2HF3O2/c1-26-14-13-24-21(25)20(18-6-3-2-4-7-18)16-22(24)9-11-23(12-10-22)17-19-8-5-15-27-19;3-2(4,5)1(6)7/h2-8,15,20H,9-14,16-17H2,1H3;(H,6,7). The van der Waals surface area contributed by atoms with Gasteiger partial charge in [-0.1, -0.05) is 36.4 Å². The Morgan fingerprint density at radius 2 is 1.82 bits per heavy atom. The summed E-state index contributed by atoms with van der Waals surface area (Å²) in [4.78, 5) is 28.3. The molecule has 1 aromatic carbocycles. The molecule has 0 bridgehead atoms. The molecule has 2 saturated heterocycles. The number of halogens is 3. The zero-order chi connectivity index (χ0) is 24.8. The minimum atomic E-state index is -5.08. The number of alkyl halides is 3. The molecular formula is C24H29F3N2O4S. The lowest BCUT2D eigenvalue weighted by molar-refractivity contribution is -0.192. The number of carboxylic acids is 1. The number of aliphatic carboxylic acids is 1. The quantitative estimate of drug-likeness (QED) is 0.640. The largest absolute Gasteiger partial charge is 0.490 e. The first-order valence-electron chi connectivity index (χ1n) is 11.1. The van der Waals surface area contributed by atoms with Crippen LogP contribution in [0.3, 0.4) is 0 Å². The molecule has 1 unspecified atom stereocenters. The summed E-state index contributed by atoms with van der Waals surface area (Å²) < 4.78 is 37.1. The average molecular weight is 499 g/mol. The van der Waals surface area contributed by atoms with Crippen LogP contribution < -0.4 is 0 Å². The molecule has 0 radical (unpaired) electrons. The molecule has 1 spiro atoms. The number of nitrogens with zero attached hydrogens (tertiary/aromatic N) is 2. The Morgan fingerprint density at radius 1 is 1.18 bits per heavy atom. The molecule has 1 amide bonds. The van der Waals surface area contributed by atoms with Crippen LogP contribution in [0.4, 0.5) is 13.2 Å². The molecule has 2 fully saturated rings. The van der Waals surface area contributed by atoms with Crippen LogP contribution in [-0.2, 0) is 20.9 Å². The summed E-state index contributed by atoms with van der Waals surface area (Å²) in [5, 5.41) is 9.27. The van der Waals surface area contributed by atoms with E-state index in [1.54, 1.807) is 7.11 Å². The maximum atomic E-state index is 13.3. The molecule has 1 atom stereocenters. The van der Waals surface area contributed by atoms with Gasteiger partial charge in [-0.3, -0.25) is 9.69 Å². The van der Waals surface area contributed by atoms with E-state index in [1.165, 1.54) is 4.88 Å². The number of piperidine rings is 1. The summed E-state index contributed by atoms with van der Waals surface area (Å²) in [6, 6.07) is 14.6. The van der Waals surface area contributed by atoms with Crippen molar-refractivity contribution in [2.75, 3.05) is 33.4 Å². The first-order valence-corrected chi connectivity index (χ1v) is 11.9. The molecule has 6 nitrogen and oxygen atoms in total. The van der Waals surface area contributed by atoms with Crippen molar-refractivity contribution in [3.63, 3.8) is 0 Å². The fraction of sp³-hybridized carbons (Fsp3) is 0.500. The van der Waals surface area contributed by atoms with E-state index < -0.39 is 12.1 Å². The number of thiophene rings is 1. The molecule has 2 aliphatic rings. The molecule has 0 aliphatic carbocycles. The molecule has 186 valence electrons. The minimum absolute atomic E-state index is 0.00750. The van der Waals surface area contributed by atoms with Gasteiger partial charge in [0.1, 0.15) is 0 Å². The third-order valence-electron chi connectivity index (χ3n) is 6.43. The number of ether oxygens (including phenoxy) is 1. The van der Waals surface area contributed by atoms with E-state index >= 15 is 0 Å². The topological polar surface area (TPSA) is 70.1 Å². The number of carboxylic acid groups (broad SMARTS) is 1. The number of hydrogen-bond acceptors (Lipinski definition) is 5. The van der Waals surface area contributed by atoms with Gasteiger partial charge in [0.15, 0.2) is 0 Å². The Balaban J connectivity index is 0.000000406. The molecule has 4 rings (SSSR count). The smallest absolute Gasteiger partial charge is 0.475 e. The number of methoxy groups -OCH3 is 1. The zero-order valence-electron chi connectivity index (χ0n) is 19.0. The molecule has 0 saturated carbocycles. The maximum Gasteiger partial charge on any atom is 0.490 e. The summed E-state index contributed by atoms with van der Waals surface area (Å²) in [5.74, 6) is -2.48. The molecular weight excluding hydrogens is 469 g/mol. The molecule has 2 aromatic rings. The van der Waals surface area contributed by atoms with Crippen LogP contribution in [-0.4, -0.2) is 71.8 Å². The number of carbonyl (C=O) groups is 2. The van der Waals surface area contributed by atoms with Crippen LogP contribution >= 0.6 is 11.3 Å². The van der Waals surface area contributed by atoms with Crippen molar-refractivity contribution in [1.29, 1.82) is 0 Å². The molecule has 34 heavy (non-hydrogen) atoms. The van der Waals surface area contributed by atoms with E-state index in [0.29, 0.717) is 13.2 Å². The fourth-order valence-corrected chi connectivity index (χ4v) is 5.45. The van der Waals surface area contributed by atoms with Gasteiger partial charge in [0.25, 0.3) is 0 Å². The molecule has 10 heteroatoms. The van der Waals surface area contributed by atoms with Gasteiger partial charge in [0.2, 0.25) is 5.91 Å². The van der Waals surface area contributed by atoms with E-state index in [9.17, 15) is 18.0 Å². The van der Waals surface area contributed by atoms with Crippen molar-refractivity contribution in [2.45, 2.75) is 43.4 Å². The molecule has 3 heterocycles. The van der Waals surface area contributed by atoms with Crippen LogP contribution in [0.15, 0.2) is 47.8 Å². The summed E-state index contributed by atoms with van der Waals surface area (Å²) in [6.45, 7) is 4.44. The number of rotatable bonds is 6. The van der Waals surface area contributed by atoms with Crippen molar-refractivity contribution in [1.82, 2.24) is 9.80 Å². The van der Waals surface area contributed by atoms with Crippen molar-refractivity contribution < 1.29 is 32.6 Å². The monoisotopic (exact) mass is 498 g/mol. The maximum absolute atomic E-state index is 13.3. The predicted molar refractivity (Wildman–Crippen MR) is 123 cm³/mol. The summed E-state index contributed by atoms with van der Waals surface area (Å²) in [5.41, 5.74) is 1.14. The van der Waals surface area contributed by atoms with Crippen LogP contribution in [0, 0.1) is 0 Å². The second-order valence-corrected chi connectivity index (χ2v) is 9.57. The lowest BCUT2D eigenvalue weighted by Gasteiger charge is -2.45. The average Bonchev–Trinajstić information content (AvgIpc) is 3.41. The van der Waals surface area contributed by atoms with Gasteiger partial charge in [-0.2, -0.15) is 13.2 Å². The van der Waals surface area contributed by atoms with Gasteiger partial charge in [0.05, 0.1) is 12.5 Å². The van der Waals surface area contributed by atoms with Crippen LogP contribution in [0.5, 0.6) is 0 Å². The summed E-state index contributed by atoms with van der Waals surface area (Å²) >= 11 is 1.83. The SMILES string of the molecule is COCCN1C(=O)C(c2ccccc2)CC12CCN(Cc1cccs1)CC2.O=C(O)C(F)(F)F. The highest BCUT2D eigenvalue weighted by molar-refractivity contribution is 7.09. The molecule has 1 aromatic heterocycles. The number of hydrogen-bond donors (Lipinski definition) is 1. The highest BCUT2D eigenvalue weighted by atomic mass is 32.1. The van der Waals surface area contributed by atoms with E-state index in [2.05, 4.69) is 39.4 Å². The highest BCUT2D eigenvalue weighted by Crippen LogP contribution is 2.45. The summed E-state index contributed by atoms with van der Waals surface area (Å²) in [6.07, 6.45) is -2.04. The van der Waals surface area contributed by atoms with Gasteiger partial charge >= 0.3 is 12.1 Å². The number of likely N-dealkylation sites (tertiary alicyclic amines) is 2. The van der Waals surface area contributed by atoms with Crippen LogP contribution in [0.1, 0.15) is 35.6 Å². The number of amides is 1. The van der Waals surface area contributed by atoms with Crippen LogP contribution in [0.2, 0.25) is 0 Å².